The van der Waals surface area contributed by atoms with Crippen molar-refractivity contribution < 1.29 is 9.53 Å². The van der Waals surface area contributed by atoms with Gasteiger partial charge in [-0.15, -0.1) is 11.3 Å². The number of ether oxygens (including phenoxy) is 1. The molecular weight excluding hydrogens is 356 g/mol. The van der Waals surface area contributed by atoms with Gasteiger partial charge in [0.15, 0.2) is 0 Å². The monoisotopic (exact) mass is 390 g/mol. The minimum atomic E-state index is -0.209. The first-order valence-corrected chi connectivity index (χ1v) is 11.3. The summed E-state index contributed by atoms with van der Waals surface area (Å²) in [5.41, 5.74) is 0.311. The van der Waals surface area contributed by atoms with Crippen molar-refractivity contribution >= 4 is 17.2 Å². The van der Waals surface area contributed by atoms with E-state index in [9.17, 15) is 4.79 Å². The second kappa shape index (κ2) is 7.16. The molecule has 0 bridgehead atoms. The fourth-order valence-corrected chi connectivity index (χ4v) is 6.87. The smallest absolute Gasteiger partial charge is 0.231 e. The molecule has 2 saturated carbocycles. The molecule has 0 aromatic carbocycles. The summed E-state index contributed by atoms with van der Waals surface area (Å²) in [6.07, 6.45) is 9.21. The van der Waals surface area contributed by atoms with Gasteiger partial charge in [-0.05, 0) is 75.9 Å². The van der Waals surface area contributed by atoms with Gasteiger partial charge >= 0.3 is 0 Å². The number of carbonyl (C=O) groups is 1. The molecule has 0 N–H and O–H groups in total. The summed E-state index contributed by atoms with van der Waals surface area (Å²) < 4.78 is 5.41. The van der Waals surface area contributed by atoms with Crippen LogP contribution in [0.25, 0.3) is 0 Å². The van der Waals surface area contributed by atoms with Gasteiger partial charge in [0.25, 0.3) is 0 Å². The minimum Gasteiger partial charge on any atom is -0.384 e. The van der Waals surface area contributed by atoms with E-state index in [0.717, 1.165) is 25.9 Å². The number of thiophene rings is 1. The van der Waals surface area contributed by atoms with E-state index in [1.165, 1.54) is 43.4 Å². The average molecular weight is 391 g/mol. The summed E-state index contributed by atoms with van der Waals surface area (Å²) >= 11 is 1.89. The quantitative estimate of drug-likeness (QED) is 0.758. The fourth-order valence-electron chi connectivity index (χ4n) is 5.80. The molecule has 5 heteroatoms. The molecule has 0 atom stereocenters. The van der Waals surface area contributed by atoms with Crippen LogP contribution in [-0.2, 0) is 15.1 Å². The van der Waals surface area contributed by atoms with Crippen LogP contribution in [0.15, 0.2) is 17.5 Å². The predicted octanol–water partition coefficient (Wildman–Crippen LogP) is 4.11. The molecule has 2 heterocycles. The van der Waals surface area contributed by atoms with Gasteiger partial charge in [0, 0.05) is 25.1 Å². The van der Waals surface area contributed by atoms with Crippen LogP contribution in [0.2, 0.25) is 0 Å². The van der Waals surface area contributed by atoms with E-state index in [1.807, 2.05) is 11.3 Å². The van der Waals surface area contributed by atoms with Gasteiger partial charge in [-0.3, -0.25) is 9.69 Å². The Morgan fingerprint density at radius 3 is 2.44 bits per heavy atom. The van der Waals surface area contributed by atoms with Crippen molar-refractivity contribution in [3.63, 3.8) is 0 Å². The highest BCUT2D eigenvalue weighted by Gasteiger charge is 2.52. The van der Waals surface area contributed by atoms with Crippen LogP contribution in [0.3, 0.4) is 0 Å². The van der Waals surface area contributed by atoms with Crippen molar-refractivity contribution in [3.8, 4) is 0 Å². The summed E-state index contributed by atoms with van der Waals surface area (Å²) in [6.45, 7) is 2.50. The van der Waals surface area contributed by atoms with Crippen molar-refractivity contribution in [2.75, 3.05) is 40.9 Å². The number of likely N-dealkylation sites (tertiary alicyclic amines) is 1. The number of nitrogens with zero attached hydrogens (tertiary/aromatic N) is 2. The largest absolute Gasteiger partial charge is 0.384 e. The molecule has 0 radical (unpaired) electrons. The topological polar surface area (TPSA) is 32.8 Å². The maximum absolute atomic E-state index is 13.2. The van der Waals surface area contributed by atoms with E-state index < -0.39 is 0 Å². The molecule has 4 rings (SSSR count). The van der Waals surface area contributed by atoms with Crippen LogP contribution in [0, 0.1) is 10.8 Å². The third-order valence-electron chi connectivity index (χ3n) is 7.88. The summed E-state index contributed by atoms with van der Waals surface area (Å²) in [7, 11) is 6.19. The van der Waals surface area contributed by atoms with Crippen LogP contribution in [0.1, 0.15) is 56.2 Å². The van der Waals surface area contributed by atoms with Gasteiger partial charge in [0.2, 0.25) is 5.91 Å². The highest BCUT2D eigenvalue weighted by atomic mass is 32.1. The minimum absolute atomic E-state index is 0.183. The molecule has 1 amide bonds. The molecule has 3 fully saturated rings. The molecule has 1 aromatic rings. The Bertz CT molecular complexity index is 658. The van der Waals surface area contributed by atoms with Crippen molar-refractivity contribution in [2.45, 2.75) is 56.9 Å². The van der Waals surface area contributed by atoms with E-state index in [-0.39, 0.29) is 11.0 Å². The van der Waals surface area contributed by atoms with Crippen LogP contribution >= 0.6 is 11.3 Å². The molecule has 27 heavy (non-hydrogen) atoms. The number of carbonyl (C=O) groups excluding carboxylic acids is 1. The second-order valence-corrected chi connectivity index (χ2v) is 10.4. The van der Waals surface area contributed by atoms with Crippen LogP contribution in [-0.4, -0.2) is 56.6 Å². The van der Waals surface area contributed by atoms with Gasteiger partial charge in [-0.2, -0.15) is 0 Å². The molecular formula is C22H34N2O2S. The van der Waals surface area contributed by atoms with Crippen molar-refractivity contribution in [1.29, 1.82) is 0 Å². The number of amides is 1. The molecule has 2 aliphatic carbocycles. The maximum atomic E-state index is 13.2. The maximum Gasteiger partial charge on any atom is 0.231 e. The molecule has 1 saturated heterocycles. The lowest BCUT2D eigenvalue weighted by Gasteiger charge is -2.48. The van der Waals surface area contributed by atoms with Gasteiger partial charge in [0.1, 0.15) is 0 Å². The van der Waals surface area contributed by atoms with Gasteiger partial charge in [-0.1, -0.05) is 12.5 Å². The molecule has 1 aliphatic heterocycles. The molecule has 0 unspecified atom stereocenters. The summed E-state index contributed by atoms with van der Waals surface area (Å²) in [5, 5.41) is 2.20. The third-order valence-corrected chi connectivity index (χ3v) is 8.95. The Kier molecular flexibility index (Phi) is 5.15. The van der Waals surface area contributed by atoms with Gasteiger partial charge in [0.05, 0.1) is 17.6 Å². The van der Waals surface area contributed by atoms with Gasteiger partial charge in [-0.25, -0.2) is 0 Å². The molecule has 1 aromatic heterocycles. The zero-order valence-corrected chi connectivity index (χ0v) is 17.9. The Morgan fingerprint density at radius 2 is 1.93 bits per heavy atom. The van der Waals surface area contributed by atoms with E-state index in [0.29, 0.717) is 17.9 Å². The second-order valence-electron chi connectivity index (χ2n) is 9.45. The first kappa shape index (κ1) is 19.4. The number of rotatable bonds is 5. The highest BCUT2D eigenvalue weighted by Crippen LogP contribution is 2.53. The zero-order valence-electron chi connectivity index (χ0n) is 17.1. The molecule has 4 nitrogen and oxygen atoms in total. The first-order valence-electron chi connectivity index (χ1n) is 10.5. The Hall–Kier alpha value is -0.910. The highest BCUT2D eigenvalue weighted by molar-refractivity contribution is 7.10. The SMILES string of the molecule is COCC1(C(=O)N2CCC3(CCC(c4cccs4)(N(C)C)CC3)C2)CCC1. The van der Waals surface area contributed by atoms with E-state index in [2.05, 4.69) is 41.4 Å². The third kappa shape index (κ3) is 3.16. The van der Waals surface area contributed by atoms with E-state index >= 15 is 0 Å². The lowest BCUT2D eigenvalue weighted by Crippen LogP contribution is -2.51. The number of hydrogen-bond donors (Lipinski definition) is 0. The number of methoxy groups -OCH3 is 1. The average Bonchev–Trinajstić information content (AvgIpc) is 3.29. The van der Waals surface area contributed by atoms with Crippen molar-refractivity contribution in [3.05, 3.63) is 22.4 Å². The standard InChI is InChI=1S/C22H34N2O2S/c1-23(2)22(18-6-4-15-27-18)11-9-20(10-12-22)13-14-24(16-20)19(25)21(17-26-3)7-5-8-21/h4,6,15H,5,7-14,16-17H2,1-3H3. The predicted molar refractivity (Wildman–Crippen MR) is 110 cm³/mol. The van der Waals surface area contributed by atoms with E-state index in [4.69, 9.17) is 4.74 Å². The molecule has 1 spiro atoms. The normalized spacial score (nSPS) is 32.8. The zero-order chi connectivity index (χ0) is 19.1. The summed E-state index contributed by atoms with van der Waals surface area (Å²) in [5.74, 6) is 0.371. The lowest BCUT2D eigenvalue weighted by atomic mass is 9.65. The van der Waals surface area contributed by atoms with Crippen molar-refractivity contribution in [2.24, 2.45) is 10.8 Å². The Labute approximate surface area is 167 Å². The van der Waals surface area contributed by atoms with Crippen molar-refractivity contribution in [1.82, 2.24) is 9.80 Å². The lowest BCUT2D eigenvalue weighted by molar-refractivity contribution is -0.151. The van der Waals surface area contributed by atoms with Crippen LogP contribution in [0.4, 0.5) is 0 Å². The first-order chi connectivity index (χ1) is 13.0. The fraction of sp³-hybridized carbons (Fsp3) is 0.773. The Balaban J connectivity index is 1.44. The number of hydrogen-bond acceptors (Lipinski definition) is 4. The molecule has 150 valence electrons. The summed E-state index contributed by atoms with van der Waals surface area (Å²) in [4.78, 5) is 19.4. The molecule has 3 aliphatic rings. The Morgan fingerprint density at radius 1 is 1.19 bits per heavy atom. The van der Waals surface area contributed by atoms with Gasteiger partial charge < -0.3 is 9.64 Å². The van der Waals surface area contributed by atoms with E-state index in [1.54, 1.807) is 7.11 Å². The van der Waals surface area contributed by atoms with Crippen LogP contribution in [0.5, 0.6) is 0 Å². The summed E-state index contributed by atoms with van der Waals surface area (Å²) in [6, 6.07) is 4.48. The van der Waals surface area contributed by atoms with Crippen LogP contribution < -0.4 is 0 Å².